The van der Waals surface area contributed by atoms with Gasteiger partial charge in [-0.25, -0.2) is 0 Å². The van der Waals surface area contributed by atoms with Crippen LogP contribution >= 0.6 is 0 Å². The monoisotopic (exact) mass is 445 g/mol. The van der Waals surface area contributed by atoms with Crippen molar-refractivity contribution in [2.24, 2.45) is 0 Å². The van der Waals surface area contributed by atoms with E-state index in [1.165, 1.54) is 0 Å². The zero-order valence-corrected chi connectivity index (χ0v) is 16.7. The van der Waals surface area contributed by atoms with E-state index in [0.717, 1.165) is 5.56 Å². The lowest BCUT2D eigenvalue weighted by molar-refractivity contribution is -0.325. The first kappa shape index (κ1) is 22.8. The first-order chi connectivity index (χ1) is 14.8. The molecule has 0 saturated carbocycles. The smallest absolute Gasteiger partial charge is 0.484 e. The average molecular weight is 445 g/mol. The Kier molecular flexibility index (Phi) is 7.69. The van der Waals surface area contributed by atoms with Gasteiger partial charge in [0.25, 0.3) is 5.91 Å². The lowest BCUT2D eigenvalue weighted by atomic mass is 10.1. The second-order valence-corrected chi connectivity index (χ2v) is 6.81. The van der Waals surface area contributed by atoms with Crippen LogP contribution in [0, 0.1) is 6.92 Å². The molecule has 31 heavy (non-hydrogen) atoms. The quantitative estimate of drug-likeness (QED) is 0.588. The first-order valence-electron chi connectivity index (χ1n) is 9.56. The highest BCUT2D eigenvalue weighted by atomic mass is 19.4. The molecule has 0 spiro atoms. The summed E-state index contributed by atoms with van der Waals surface area (Å²) in [6.45, 7) is 0.995. The third kappa shape index (κ3) is 7.72. The van der Waals surface area contributed by atoms with Crippen LogP contribution in [0.15, 0.2) is 28.7 Å². The average Bonchev–Trinajstić information content (AvgIpc) is 3.20. The molecule has 1 saturated heterocycles. The molecule has 1 aromatic carbocycles. The van der Waals surface area contributed by atoms with E-state index in [2.05, 4.69) is 20.3 Å². The van der Waals surface area contributed by atoms with Crippen molar-refractivity contribution >= 4 is 5.91 Å². The predicted octanol–water partition coefficient (Wildman–Crippen LogP) is 2.71. The largest absolute Gasteiger partial charge is 0.522 e. The van der Waals surface area contributed by atoms with Gasteiger partial charge in [0.15, 0.2) is 6.61 Å². The van der Waals surface area contributed by atoms with Gasteiger partial charge in [-0.3, -0.25) is 9.53 Å². The second-order valence-electron chi connectivity index (χ2n) is 6.81. The van der Waals surface area contributed by atoms with Gasteiger partial charge in [-0.2, -0.15) is 0 Å². The number of halogens is 3. The molecule has 3 rings (SSSR count). The summed E-state index contributed by atoms with van der Waals surface area (Å²) in [6.07, 6.45) is -4.37. The van der Waals surface area contributed by atoms with Gasteiger partial charge in [0.1, 0.15) is 18.5 Å². The van der Waals surface area contributed by atoms with Crippen LogP contribution in [-0.2, 0) is 14.3 Å². The molecule has 9 nitrogen and oxygen atoms in total. The third-order valence-corrected chi connectivity index (χ3v) is 4.30. The van der Waals surface area contributed by atoms with Crippen LogP contribution in [-0.4, -0.2) is 54.9 Å². The molecular weight excluding hydrogens is 423 g/mol. The SMILES string of the molecule is Cc1ccc(OCC(=O)N[C@@H]2CC[C@@H](c3nnc(OCCOC(F)(F)F)o3)OC2)cc1. The summed E-state index contributed by atoms with van der Waals surface area (Å²) in [6, 6.07) is 7.19. The standard InChI is InChI=1S/C19H22F3N3O6/c1-12-2-5-14(6-3-12)28-11-16(26)23-13-4-7-15(29-10-13)17-24-25-18(31-17)27-8-9-30-19(20,21)22/h2-3,5-6,13,15H,4,7-11H2,1H3,(H,23,26)/t13-,15+/m1/s1. The van der Waals surface area contributed by atoms with Crippen LogP contribution < -0.4 is 14.8 Å². The molecule has 1 amide bonds. The van der Waals surface area contributed by atoms with Crippen molar-refractivity contribution in [1.29, 1.82) is 0 Å². The maximum Gasteiger partial charge on any atom is 0.522 e. The topological polar surface area (TPSA) is 105 Å². The fourth-order valence-corrected chi connectivity index (χ4v) is 2.81. The Morgan fingerprint density at radius 2 is 1.94 bits per heavy atom. The molecule has 1 aliphatic heterocycles. The number of nitrogens with one attached hydrogen (secondary N) is 1. The predicted molar refractivity (Wildman–Crippen MR) is 98.3 cm³/mol. The van der Waals surface area contributed by atoms with Crippen LogP contribution in [0.1, 0.15) is 30.4 Å². The molecule has 12 heteroatoms. The highest BCUT2D eigenvalue weighted by Gasteiger charge is 2.30. The van der Waals surface area contributed by atoms with Crippen molar-refractivity contribution in [3.8, 4) is 11.8 Å². The summed E-state index contributed by atoms with van der Waals surface area (Å²) in [4.78, 5) is 12.1. The lowest BCUT2D eigenvalue weighted by Crippen LogP contribution is -2.43. The minimum atomic E-state index is -4.72. The summed E-state index contributed by atoms with van der Waals surface area (Å²) >= 11 is 0. The minimum Gasteiger partial charge on any atom is -0.484 e. The van der Waals surface area contributed by atoms with Crippen molar-refractivity contribution in [2.75, 3.05) is 26.4 Å². The van der Waals surface area contributed by atoms with Crippen molar-refractivity contribution in [3.63, 3.8) is 0 Å². The number of rotatable bonds is 9. The lowest BCUT2D eigenvalue weighted by Gasteiger charge is -2.27. The number of alkyl halides is 3. The Balaban J connectivity index is 1.35. The molecule has 1 N–H and O–H groups in total. The molecule has 170 valence electrons. The van der Waals surface area contributed by atoms with E-state index in [4.69, 9.17) is 18.6 Å². The van der Waals surface area contributed by atoms with Gasteiger partial charge in [-0.1, -0.05) is 22.8 Å². The molecule has 2 atom stereocenters. The van der Waals surface area contributed by atoms with Crippen molar-refractivity contribution < 1.29 is 41.3 Å². The Morgan fingerprint density at radius 3 is 2.61 bits per heavy atom. The van der Waals surface area contributed by atoms with E-state index in [1.54, 1.807) is 12.1 Å². The fraction of sp³-hybridized carbons (Fsp3) is 0.526. The number of carbonyl (C=O) groups excluding carboxylic acids is 1. The van der Waals surface area contributed by atoms with E-state index < -0.39 is 25.7 Å². The van der Waals surface area contributed by atoms with E-state index in [9.17, 15) is 18.0 Å². The fourth-order valence-electron chi connectivity index (χ4n) is 2.81. The van der Waals surface area contributed by atoms with Gasteiger partial charge in [0.05, 0.1) is 19.3 Å². The van der Waals surface area contributed by atoms with Crippen molar-refractivity contribution in [3.05, 3.63) is 35.7 Å². The number of ether oxygens (including phenoxy) is 4. The van der Waals surface area contributed by atoms with Crippen LogP contribution in [0.25, 0.3) is 0 Å². The zero-order valence-electron chi connectivity index (χ0n) is 16.7. The number of benzene rings is 1. The molecule has 0 aliphatic carbocycles. The zero-order chi connectivity index (χ0) is 22.3. The summed E-state index contributed by atoms with van der Waals surface area (Å²) in [7, 11) is 0. The van der Waals surface area contributed by atoms with Crippen molar-refractivity contribution in [2.45, 2.75) is 38.3 Å². The van der Waals surface area contributed by atoms with Crippen molar-refractivity contribution in [1.82, 2.24) is 15.5 Å². The Labute approximate surface area is 175 Å². The second kappa shape index (κ2) is 10.4. The van der Waals surface area contributed by atoms with Crippen LogP contribution in [0.5, 0.6) is 11.8 Å². The molecule has 1 aliphatic rings. The van der Waals surface area contributed by atoms with Gasteiger partial charge < -0.3 is 23.9 Å². The van der Waals surface area contributed by atoms with E-state index in [0.29, 0.717) is 18.6 Å². The third-order valence-electron chi connectivity index (χ3n) is 4.30. The summed E-state index contributed by atoms with van der Waals surface area (Å²) in [5, 5.41) is 10.2. The maximum atomic E-state index is 12.1. The van der Waals surface area contributed by atoms with Gasteiger partial charge in [0.2, 0.25) is 5.89 Å². The molecule has 0 bridgehead atoms. The van der Waals surface area contributed by atoms with Gasteiger partial charge in [-0.15, -0.1) is 18.3 Å². The number of carbonyl (C=O) groups is 1. The summed E-state index contributed by atoms with van der Waals surface area (Å²) in [5.41, 5.74) is 1.10. The number of hydrogen-bond donors (Lipinski definition) is 1. The van der Waals surface area contributed by atoms with E-state index in [1.807, 2.05) is 19.1 Å². The number of aryl methyl sites for hydroxylation is 1. The van der Waals surface area contributed by atoms with Crippen LogP contribution in [0.3, 0.4) is 0 Å². The molecule has 1 aromatic heterocycles. The van der Waals surface area contributed by atoms with Gasteiger partial charge in [0, 0.05) is 0 Å². The Morgan fingerprint density at radius 1 is 1.16 bits per heavy atom. The normalized spacial score (nSPS) is 19.1. The maximum absolute atomic E-state index is 12.1. The highest BCUT2D eigenvalue weighted by molar-refractivity contribution is 5.77. The summed E-state index contributed by atoms with van der Waals surface area (Å²) in [5.74, 6) is 0.501. The molecule has 2 aromatic rings. The van der Waals surface area contributed by atoms with Gasteiger partial charge >= 0.3 is 12.4 Å². The minimum absolute atomic E-state index is 0.106. The number of hydrogen-bond acceptors (Lipinski definition) is 8. The number of aromatic nitrogens is 2. The number of amides is 1. The summed E-state index contributed by atoms with van der Waals surface area (Å²) < 4.78 is 60.5. The Hall–Kier alpha value is -2.86. The van der Waals surface area contributed by atoms with Gasteiger partial charge in [-0.05, 0) is 31.9 Å². The molecular formula is C19H22F3N3O6. The molecule has 0 radical (unpaired) electrons. The first-order valence-corrected chi connectivity index (χ1v) is 9.56. The van der Waals surface area contributed by atoms with E-state index in [-0.39, 0.29) is 37.1 Å². The van der Waals surface area contributed by atoms with Crippen LogP contribution in [0.2, 0.25) is 0 Å². The highest BCUT2D eigenvalue weighted by Crippen LogP contribution is 2.28. The molecule has 0 unspecified atom stereocenters. The van der Waals surface area contributed by atoms with E-state index >= 15 is 0 Å². The Bertz CT molecular complexity index is 835. The number of nitrogens with zero attached hydrogens (tertiary/aromatic N) is 2. The van der Waals surface area contributed by atoms with Crippen LogP contribution in [0.4, 0.5) is 13.2 Å². The molecule has 1 fully saturated rings. The molecule has 2 heterocycles.